The van der Waals surface area contributed by atoms with Gasteiger partial charge in [-0.15, -0.1) is 0 Å². The van der Waals surface area contributed by atoms with Crippen molar-refractivity contribution in [3.63, 3.8) is 0 Å². The first-order chi connectivity index (χ1) is 6.84. The Morgan fingerprint density at radius 1 is 1.00 bits per heavy atom. The van der Waals surface area contributed by atoms with E-state index in [2.05, 4.69) is 16.7 Å². The maximum absolute atomic E-state index is 5.35. The fourth-order valence-corrected chi connectivity index (χ4v) is 2.23. The number of hydrogen-bond donors (Lipinski definition) is 0. The van der Waals surface area contributed by atoms with Gasteiger partial charge in [-0.3, -0.25) is 9.80 Å². The first-order valence-electron chi connectivity index (χ1n) is 5.87. The minimum Gasteiger partial charge on any atom is -0.379 e. The first-order valence-corrected chi connectivity index (χ1v) is 5.87. The topological polar surface area (TPSA) is 15.7 Å². The molecule has 0 unspecified atom stereocenters. The maximum atomic E-state index is 5.35. The smallest absolute Gasteiger partial charge is 0.0594 e. The Morgan fingerprint density at radius 2 is 1.57 bits per heavy atom. The van der Waals surface area contributed by atoms with Crippen molar-refractivity contribution in [3.8, 4) is 0 Å². The predicted molar refractivity (Wildman–Crippen MR) is 57.2 cm³/mol. The second-order valence-electron chi connectivity index (χ2n) is 4.67. The highest BCUT2D eigenvalue weighted by Gasteiger charge is 2.18. The summed E-state index contributed by atoms with van der Waals surface area (Å²) >= 11 is 0. The highest BCUT2D eigenvalue weighted by atomic mass is 16.5. The van der Waals surface area contributed by atoms with Gasteiger partial charge in [-0.25, -0.2) is 0 Å². The summed E-state index contributed by atoms with van der Waals surface area (Å²) in [5.41, 5.74) is 0. The number of ether oxygens (including phenoxy) is 1. The van der Waals surface area contributed by atoms with Crippen molar-refractivity contribution in [2.75, 3.05) is 46.1 Å². The molecule has 3 heteroatoms. The average Bonchev–Trinajstić information content (AvgIpc) is 2.23. The predicted octanol–water partition coefficient (Wildman–Crippen LogP) is 1.01. The van der Waals surface area contributed by atoms with Crippen LogP contribution in [0.5, 0.6) is 0 Å². The summed E-state index contributed by atoms with van der Waals surface area (Å²) in [6.45, 7) is 10.2. The van der Waals surface area contributed by atoms with Crippen molar-refractivity contribution < 1.29 is 4.74 Å². The Balaban J connectivity index is 1.68. The molecule has 2 fully saturated rings. The minimum absolute atomic E-state index is 0.921. The number of hydrogen-bond acceptors (Lipinski definition) is 3. The zero-order valence-electron chi connectivity index (χ0n) is 9.24. The van der Waals surface area contributed by atoms with Crippen LogP contribution in [0.4, 0.5) is 0 Å². The maximum Gasteiger partial charge on any atom is 0.0594 e. The van der Waals surface area contributed by atoms with Crippen LogP contribution in [-0.4, -0.2) is 55.9 Å². The monoisotopic (exact) mass is 198 g/mol. The molecule has 2 rings (SSSR count). The average molecular weight is 198 g/mol. The van der Waals surface area contributed by atoms with E-state index in [0.717, 1.165) is 38.9 Å². The second-order valence-corrected chi connectivity index (χ2v) is 4.67. The second kappa shape index (κ2) is 5.10. The van der Waals surface area contributed by atoms with Crippen LogP contribution in [0.1, 0.15) is 19.8 Å². The van der Waals surface area contributed by atoms with Crippen molar-refractivity contribution in [2.45, 2.75) is 19.8 Å². The van der Waals surface area contributed by atoms with Crippen molar-refractivity contribution in [3.05, 3.63) is 0 Å². The van der Waals surface area contributed by atoms with Crippen LogP contribution < -0.4 is 0 Å². The van der Waals surface area contributed by atoms with Gasteiger partial charge in [-0.1, -0.05) is 6.92 Å². The van der Waals surface area contributed by atoms with E-state index in [4.69, 9.17) is 4.74 Å². The van der Waals surface area contributed by atoms with Crippen molar-refractivity contribution in [2.24, 2.45) is 5.92 Å². The summed E-state index contributed by atoms with van der Waals surface area (Å²) in [5.74, 6) is 0.941. The van der Waals surface area contributed by atoms with E-state index in [0.29, 0.717) is 0 Å². The number of morpholine rings is 1. The molecule has 0 aromatic heterocycles. The number of rotatable bonds is 2. The Hall–Kier alpha value is -0.120. The molecule has 2 aliphatic heterocycles. The molecule has 0 N–H and O–H groups in total. The van der Waals surface area contributed by atoms with Crippen LogP contribution in [0, 0.1) is 5.92 Å². The van der Waals surface area contributed by atoms with Crippen LogP contribution in [0.15, 0.2) is 0 Å². The molecular formula is C11H22N2O. The van der Waals surface area contributed by atoms with Gasteiger partial charge in [0, 0.05) is 13.1 Å². The fourth-order valence-electron chi connectivity index (χ4n) is 2.23. The van der Waals surface area contributed by atoms with Crippen LogP contribution in [0.3, 0.4) is 0 Å². The summed E-state index contributed by atoms with van der Waals surface area (Å²) in [5, 5.41) is 0. The van der Waals surface area contributed by atoms with E-state index >= 15 is 0 Å². The van der Waals surface area contributed by atoms with Gasteiger partial charge in [-0.05, 0) is 31.8 Å². The van der Waals surface area contributed by atoms with E-state index in [1.54, 1.807) is 0 Å². The lowest BCUT2D eigenvalue weighted by Gasteiger charge is -2.36. The van der Waals surface area contributed by atoms with Gasteiger partial charge in [0.1, 0.15) is 0 Å². The molecule has 0 atom stereocenters. The molecule has 2 aliphatic rings. The third-order valence-corrected chi connectivity index (χ3v) is 3.38. The number of piperidine rings is 1. The molecule has 0 aromatic carbocycles. The SMILES string of the molecule is CC1CCN(CN2CCOCC2)CC1. The van der Waals surface area contributed by atoms with E-state index in [1.165, 1.54) is 25.9 Å². The molecule has 2 heterocycles. The summed E-state index contributed by atoms with van der Waals surface area (Å²) in [7, 11) is 0. The summed E-state index contributed by atoms with van der Waals surface area (Å²) in [6.07, 6.45) is 2.76. The molecule has 82 valence electrons. The lowest BCUT2D eigenvalue weighted by Crippen LogP contribution is -2.46. The van der Waals surface area contributed by atoms with Crippen molar-refractivity contribution >= 4 is 0 Å². The van der Waals surface area contributed by atoms with Crippen molar-refractivity contribution in [1.82, 2.24) is 9.80 Å². The minimum atomic E-state index is 0.921. The zero-order valence-corrected chi connectivity index (χ0v) is 9.24. The Labute approximate surface area is 87.0 Å². The summed E-state index contributed by atoms with van der Waals surface area (Å²) in [4.78, 5) is 5.10. The first kappa shape index (κ1) is 10.4. The molecule has 2 saturated heterocycles. The van der Waals surface area contributed by atoms with E-state index < -0.39 is 0 Å². The highest BCUT2D eigenvalue weighted by Crippen LogP contribution is 2.16. The van der Waals surface area contributed by atoms with E-state index in [9.17, 15) is 0 Å². The Bertz CT molecular complexity index is 161. The summed E-state index contributed by atoms with van der Waals surface area (Å²) < 4.78 is 5.35. The van der Waals surface area contributed by atoms with Gasteiger partial charge in [-0.2, -0.15) is 0 Å². The van der Waals surface area contributed by atoms with Crippen LogP contribution in [-0.2, 0) is 4.74 Å². The molecule has 3 nitrogen and oxygen atoms in total. The van der Waals surface area contributed by atoms with Gasteiger partial charge in [0.2, 0.25) is 0 Å². The molecule has 14 heavy (non-hydrogen) atoms. The Morgan fingerprint density at radius 3 is 2.21 bits per heavy atom. The normalized spacial score (nSPS) is 28.1. The number of nitrogens with zero attached hydrogens (tertiary/aromatic N) is 2. The largest absolute Gasteiger partial charge is 0.379 e. The third-order valence-electron chi connectivity index (χ3n) is 3.38. The van der Waals surface area contributed by atoms with Gasteiger partial charge in [0.15, 0.2) is 0 Å². The molecule has 0 amide bonds. The summed E-state index contributed by atoms with van der Waals surface area (Å²) in [6, 6.07) is 0. The van der Waals surface area contributed by atoms with Gasteiger partial charge in [0.05, 0.1) is 19.9 Å². The quantitative estimate of drug-likeness (QED) is 0.658. The van der Waals surface area contributed by atoms with E-state index in [1.807, 2.05) is 0 Å². The third kappa shape index (κ3) is 2.94. The number of likely N-dealkylation sites (tertiary alicyclic amines) is 1. The van der Waals surface area contributed by atoms with Crippen molar-refractivity contribution in [1.29, 1.82) is 0 Å². The molecule has 0 aromatic rings. The highest BCUT2D eigenvalue weighted by molar-refractivity contribution is 4.70. The lowest BCUT2D eigenvalue weighted by molar-refractivity contribution is 0.00348. The standard InChI is InChI=1S/C11H22N2O/c1-11-2-4-12(5-3-11)10-13-6-8-14-9-7-13/h11H,2-10H2,1H3. The van der Waals surface area contributed by atoms with Gasteiger partial charge >= 0.3 is 0 Å². The van der Waals surface area contributed by atoms with Crippen LogP contribution in [0.2, 0.25) is 0 Å². The Kier molecular flexibility index (Phi) is 3.79. The molecule has 0 saturated carbocycles. The molecule has 0 radical (unpaired) electrons. The molecule has 0 spiro atoms. The zero-order chi connectivity index (χ0) is 9.80. The van der Waals surface area contributed by atoms with Crippen LogP contribution in [0.25, 0.3) is 0 Å². The lowest BCUT2D eigenvalue weighted by atomic mass is 10.00. The fraction of sp³-hybridized carbons (Fsp3) is 1.00. The molecule has 0 bridgehead atoms. The van der Waals surface area contributed by atoms with Gasteiger partial charge < -0.3 is 4.74 Å². The van der Waals surface area contributed by atoms with Crippen LogP contribution >= 0.6 is 0 Å². The molecule has 0 aliphatic carbocycles. The van der Waals surface area contributed by atoms with Gasteiger partial charge in [0.25, 0.3) is 0 Å². The van der Waals surface area contributed by atoms with E-state index in [-0.39, 0.29) is 0 Å². The molecular weight excluding hydrogens is 176 g/mol.